The van der Waals surface area contributed by atoms with Gasteiger partial charge in [0.25, 0.3) is 0 Å². The second kappa shape index (κ2) is 3.38. The first kappa shape index (κ1) is 9.43. The molecule has 0 aromatic heterocycles. The fourth-order valence-electron chi connectivity index (χ4n) is 1.81. The number of hydrogen-bond donors (Lipinski definition) is 1. The van der Waals surface area contributed by atoms with E-state index in [9.17, 15) is 0 Å². The summed E-state index contributed by atoms with van der Waals surface area (Å²) in [6, 6.07) is 0. The zero-order valence-electron chi connectivity index (χ0n) is 8.48. The van der Waals surface area contributed by atoms with Crippen LogP contribution in [0.3, 0.4) is 0 Å². The van der Waals surface area contributed by atoms with Gasteiger partial charge in [-0.2, -0.15) is 0 Å². The van der Waals surface area contributed by atoms with Crippen molar-refractivity contribution in [1.29, 1.82) is 0 Å². The van der Waals surface area contributed by atoms with Gasteiger partial charge in [0.05, 0.1) is 5.82 Å². The quantitative estimate of drug-likeness (QED) is 0.688. The van der Waals surface area contributed by atoms with Gasteiger partial charge in [0.2, 0.25) is 0 Å². The lowest BCUT2D eigenvalue weighted by Crippen LogP contribution is -2.56. The molecule has 0 bridgehead atoms. The SMILES string of the molecule is C=C(NC)N1CC(CC)(CC)C1. The molecular formula is C10H20N2. The molecule has 1 N–H and O–H groups in total. The molecule has 1 aliphatic rings. The standard InChI is InChI=1S/C10H20N2/c1-5-10(6-2)7-12(8-10)9(3)11-4/h11H,3,5-8H2,1-2,4H3. The lowest BCUT2D eigenvalue weighted by Gasteiger charge is -2.51. The van der Waals surface area contributed by atoms with Crippen molar-refractivity contribution in [3.8, 4) is 0 Å². The Balaban J connectivity index is 2.40. The van der Waals surface area contributed by atoms with E-state index >= 15 is 0 Å². The molecule has 0 atom stereocenters. The number of hydrogen-bond acceptors (Lipinski definition) is 2. The molecule has 0 aromatic carbocycles. The van der Waals surface area contributed by atoms with Crippen molar-refractivity contribution < 1.29 is 0 Å². The average molecular weight is 168 g/mol. The van der Waals surface area contributed by atoms with E-state index < -0.39 is 0 Å². The van der Waals surface area contributed by atoms with E-state index in [-0.39, 0.29) is 0 Å². The summed E-state index contributed by atoms with van der Waals surface area (Å²) in [6.07, 6.45) is 2.58. The maximum Gasteiger partial charge on any atom is 0.0936 e. The molecule has 1 saturated heterocycles. The molecule has 0 radical (unpaired) electrons. The Morgan fingerprint density at radius 1 is 1.42 bits per heavy atom. The van der Waals surface area contributed by atoms with Crippen LogP contribution in [0.4, 0.5) is 0 Å². The summed E-state index contributed by atoms with van der Waals surface area (Å²) in [5.41, 5.74) is 0.583. The molecule has 70 valence electrons. The Kier molecular flexibility index (Phi) is 2.65. The van der Waals surface area contributed by atoms with Gasteiger partial charge in [0, 0.05) is 25.6 Å². The molecule has 0 spiro atoms. The molecule has 2 heteroatoms. The molecule has 0 saturated carbocycles. The van der Waals surface area contributed by atoms with Crippen LogP contribution in [0.2, 0.25) is 0 Å². The highest BCUT2D eigenvalue weighted by Crippen LogP contribution is 2.38. The Bertz CT molecular complexity index is 163. The summed E-state index contributed by atoms with van der Waals surface area (Å²) in [6.45, 7) is 10.9. The molecule has 0 unspecified atom stereocenters. The lowest BCUT2D eigenvalue weighted by atomic mass is 9.75. The molecule has 1 rings (SSSR count). The van der Waals surface area contributed by atoms with Gasteiger partial charge in [-0.3, -0.25) is 0 Å². The maximum atomic E-state index is 3.94. The first-order valence-corrected chi connectivity index (χ1v) is 4.79. The van der Waals surface area contributed by atoms with Crippen LogP contribution in [0.15, 0.2) is 12.4 Å². The number of rotatable bonds is 4. The van der Waals surface area contributed by atoms with Crippen molar-refractivity contribution in [1.82, 2.24) is 10.2 Å². The first-order valence-electron chi connectivity index (χ1n) is 4.79. The zero-order valence-corrected chi connectivity index (χ0v) is 8.48. The number of nitrogens with one attached hydrogen (secondary N) is 1. The van der Waals surface area contributed by atoms with E-state index in [0.717, 1.165) is 5.82 Å². The summed E-state index contributed by atoms with van der Waals surface area (Å²) < 4.78 is 0. The zero-order chi connectivity index (χ0) is 9.19. The minimum Gasteiger partial charge on any atom is -0.375 e. The van der Waals surface area contributed by atoms with Crippen molar-refractivity contribution in [2.45, 2.75) is 26.7 Å². The minimum absolute atomic E-state index is 0.583. The summed E-state index contributed by atoms with van der Waals surface area (Å²) in [5, 5.41) is 3.08. The van der Waals surface area contributed by atoms with Crippen molar-refractivity contribution in [3.05, 3.63) is 12.4 Å². The van der Waals surface area contributed by atoms with E-state index in [1.165, 1.54) is 25.9 Å². The van der Waals surface area contributed by atoms with Gasteiger partial charge in [-0.1, -0.05) is 20.4 Å². The molecule has 0 aliphatic carbocycles. The van der Waals surface area contributed by atoms with Gasteiger partial charge >= 0.3 is 0 Å². The third kappa shape index (κ3) is 1.43. The average Bonchev–Trinajstić information content (AvgIpc) is 2.04. The molecule has 2 nitrogen and oxygen atoms in total. The smallest absolute Gasteiger partial charge is 0.0936 e. The summed E-state index contributed by atoms with van der Waals surface area (Å²) in [5.74, 6) is 1.06. The van der Waals surface area contributed by atoms with Gasteiger partial charge in [0.15, 0.2) is 0 Å². The third-order valence-electron chi connectivity index (χ3n) is 3.22. The highest BCUT2D eigenvalue weighted by atomic mass is 15.3. The van der Waals surface area contributed by atoms with Crippen molar-refractivity contribution >= 4 is 0 Å². The predicted molar refractivity (Wildman–Crippen MR) is 52.8 cm³/mol. The molecule has 1 aliphatic heterocycles. The van der Waals surface area contributed by atoms with Crippen LogP contribution in [-0.2, 0) is 0 Å². The summed E-state index contributed by atoms with van der Waals surface area (Å²) >= 11 is 0. The molecular weight excluding hydrogens is 148 g/mol. The van der Waals surface area contributed by atoms with Gasteiger partial charge in [-0.15, -0.1) is 0 Å². The van der Waals surface area contributed by atoms with Gasteiger partial charge in [-0.05, 0) is 12.8 Å². The largest absolute Gasteiger partial charge is 0.375 e. The summed E-state index contributed by atoms with van der Waals surface area (Å²) in [7, 11) is 1.93. The minimum atomic E-state index is 0.583. The van der Waals surface area contributed by atoms with Crippen LogP contribution < -0.4 is 5.32 Å². The van der Waals surface area contributed by atoms with Crippen LogP contribution >= 0.6 is 0 Å². The van der Waals surface area contributed by atoms with Crippen LogP contribution in [-0.4, -0.2) is 25.0 Å². The van der Waals surface area contributed by atoms with E-state index in [1.807, 2.05) is 7.05 Å². The van der Waals surface area contributed by atoms with Crippen LogP contribution in [0, 0.1) is 5.41 Å². The highest BCUT2D eigenvalue weighted by Gasteiger charge is 2.39. The normalized spacial score (nSPS) is 20.1. The Hall–Kier alpha value is -0.660. The lowest BCUT2D eigenvalue weighted by molar-refractivity contribution is 0.0174. The van der Waals surface area contributed by atoms with E-state index in [4.69, 9.17) is 0 Å². The van der Waals surface area contributed by atoms with Gasteiger partial charge < -0.3 is 10.2 Å². The molecule has 12 heavy (non-hydrogen) atoms. The Morgan fingerprint density at radius 3 is 2.25 bits per heavy atom. The van der Waals surface area contributed by atoms with Crippen LogP contribution in [0.5, 0.6) is 0 Å². The van der Waals surface area contributed by atoms with Gasteiger partial charge in [-0.25, -0.2) is 0 Å². The van der Waals surface area contributed by atoms with E-state index in [2.05, 4.69) is 30.6 Å². The van der Waals surface area contributed by atoms with Crippen molar-refractivity contribution in [2.75, 3.05) is 20.1 Å². The number of likely N-dealkylation sites (tertiary alicyclic amines) is 1. The van der Waals surface area contributed by atoms with Crippen LogP contribution in [0.25, 0.3) is 0 Å². The van der Waals surface area contributed by atoms with Crippen LogP contribution in [0.1, 0.15) is 26.7 Å². The first-order chi connectivity index (χ1) is 5.67. The maximum absolute atomic E-state index is 3.94. The van der Waals surface area contributed by atoms with Crippen molar-refractivity contribution in [2.24, 2.45) is 5.41 Å². The van der Waals surface area contributed by atoms with Gasteiger partial charge in [0.1, 0.15) is 0 Å². The molecule has 1 heterocycles. The van der Waals surface area contributed by atoms with E-state index in [0.29, 0.717) is 5.41 Å². The monoisotopic (exact) mass is 168 g/mol. The Morgan fingerprint density at radius 2 is 1.92 bits per heavy atom. The summed E-state index contributed by atoms with van der Waals surface area (Å²) in [4.78, 5) is 2.31. The molecule has 0 aromatic rings. The second-order valence-electron chi connectivity index (χ2n) is 3.76. The molecule has 1 fully saturated rings. The Labute approximate surface area is 75.6 Å². The van der Waals surface area contributed by atoms with Crippen molar-refractivity contribution in [3.63, 3.8) is 0 Å². The third-order valence-corrected chi connectivity index (χ3v) is 3.22. The predicted octanol–water partition coefficient (Wildman–Crippen LogP) is 1.80. The number of nitrogens with zero attached hydrogens (tertiary/aromatic N) is 1. The fraction of sp³-hybridized carbons (Fsp3) is 0.800. The van der Waals surface area contributed by atoms with E-state index in [1.54, 1.807) is 0 Å². The fourth-order valence-corrected chi connectivity index (χ4v) is 1.81. The second-order valence-corrected chi connectivity index (χ2v) is 3.76. The highest BCUT2D eigenvalue weighted by molar-refractivity contribution is 5.03. The molecule has 0 amide bonds. The topological polar surface area (TPSA) is 15.3 Å².